The van der Waals surface area contributed by atoms with Crippen molar-refractivity contribution in [3.63, 3.8) is 0 Å². The summed E-state index contributed by atoms with van der Waals surface area (Å²) in [7, 11) is 0. The zero-order valence-electron chi connectivity index (χ0n) is 5.96. The van der Waals surface area contributed by atoms with Crippen LogP contribution in [0.25, 0.3) is 0 Å². The summed E-state index contributed by atoms with van der Waals surface area (Å²) in [5, 5.41) is 0. The fourth-order valence-corrected chi connectivity index (χ4v) is 0.689. The van der Waals surface area contributed by atoms with E-state index in [1.165, 1.54) is 0 Å². The highest BCUT2D eigenvalue weighted by molar-refractivity contribution is 5.83. The molecule has 0 saturated heterocycles. The van der Waals surface area contributed by atoms with Crippen molar-refractivity contribution in [3.05, 3.63) is 0 Å². The molecular weight excluding hydrogens is 132 g/mol. The first-order chi connectivity index (χ1) is 4.57. The first-order valence-electron chi connectivity index (χ1n) is 3.15. The molecule has 0 aromatic rings. The van der Waals surface area contributed by atoms with Crippen molar-refractivity contribution in [1.82, 2.24) is 0 Å². The zero-order valence-corrected chi connectivity index (χ0v) is 5.96. The van der Waals surface area contributed by atoms with Crippen LogP contribution in [0.4, 0.5) is 0 Å². The number of primary amides is 2. The molecule has 4 N–H and O–H groups in total. The van der Waals surface area contributed by atoms with Crippen LogP contribution in [0.5, 0.6) is 0 Å². The smallest absolute Gasteiger partial charge is 0.221 e. The third-order valence-electron chi connectivity index (χ3n) is 1.34. The molecule has 0 aliphatic rings. The van der Waals surface area contributed by atoms with Crippen molar-refractivity contribution >= 4 is 11.8 Å². The van der Waals surface area contributed by atoms with Crippen LogP contribution in [0.15, 0.2) is 0 Å². The van der Waals surface area contributed by atoms with Gasteiger partial charge in [-0.15, -0.1) is 0 Å². The molecule has 4 heteroatoms. The third kappa shape index (κ3) is 3.06. The highest BCUT2D eigenvalue weighted by Gasteiger charge is 2.14. The van der Waals surface area contributed by atoms with E-state index < -0.39 is 17.7 Å². The van der Waals surface area contributed by atoms with Crippen molar-refractivity contribution in [2.24, 2.45) is 17.4 Å². The van der Waals surface area contributed by atoms with E-state index in [0.717, 1.165) is 0 Å². The summed E-state index contributed by atoms with van der Waals surface area (Å²) in [4.78, 5) is 20.8. The number of hydrogen-bond acceptors (Lipinski definition) is 2. The van der Waals surface area contributed by atoms with Crippen molar-refractivity contribution in [1.29, 1.82) is 0 Å². The van der Waals surface area contributed by atoms with Crippen LogP contribution in [0.2, 0.25) is 0 Å². The quantitative estimate of drug-likeness (QED) is 0.550. The van der Waals surface area contributed by atoms with E-state index in [0.29, 0.717) is 6.42 Å². The zero-order chi connectivity index (χ0) is 8.15. The van der Waals surface area contributed by atoms with Crippen LogP contribution in [0, 0.1) is 5.92 Å². The van der Waals surface area contributed by atoms with Crippen molar-refractivity contribution in [3.8, 4) is 0 Å². The summed E-state index contributed by atoms with van der Waals surface area (Å²) >= 11 is 0. The Labute approximate surface area is 59.6 Å². The first-order valence-corrected chi connectivity index (χ1v) is 3.15. The minimum Gasteiger partial charge on any atom is -0.370 e. The van der Waals surface area contributed by atoms with Gasteiger partial charge in [-0.05, 0) is 6.42 Å². The highest BCUT2D eigenvalue weighted by Crippen LogP contribution is 2.05. The predicted molar refractivity (Wildman–Crippen MR) is 36.8 cm³/mol. The van der Waals surface area contributed by atoms with Crippen LogP contribution >= 0.6 is 0 Å². The van der Waals surface area contributed by atoms with Gasteiger partial charge in [-0.2, -0.15) is 0 Å². The number of hydrogen-bond donors (Lipinski definition) is 2. The van der Waals surface area contributed by atoms with E-state index in [4.69, 9.17) is 11.5 Å². The monoisotopic (exact) mass is 144 g/mol. The minimum absolute atomic E-state index is 0.0613. The van der Waals surface area contributed by atoms with Gasteiger partial charge in [0.25, 0.3) is 0 Å². The second-order valence-electron chi connectivity index (χ2n) is 2.18. The topological polar surface area (TPSA) is 86.2 Å². The Morgan fingerprint density at radius 1 is 1.40 bits per heavy atom. The molecule has 2 amide bonds. The van der Waals surface area contributed by atoms with Crippen LogP contribution in [0.1, 0.15) is 19.8 Å². The lowest BCUT2D eigenvalue weighted by molar-refractivity contribution is -0.127. The Hall–Kier alpha value is -1.06. The van der Waals surface area contributed by atoms with E-state index in [1.807, 2.05) is 0 Å². The van der Waals surface area contributed by atoms with Gasteiger partial charge in [-0.1, -0.05) is 6.92 Å². The Kier molecular flexibility index (Phi) is 3.46. The van der Waals surface area contributed by atoms with Crippen molar-refractivity contribution in [2.75, 3.05) is 0 Å². The molecule has 58 valence electrons. The van der Waals surface area contributed by atoms with E-state index in [-0.39, 0.29) is 6.42 Å². The van der Waals surface area contributed by atoms with Crippen LogP contribution in [-0.2, 0) is 9.59 Å². The Balaban J connectivity index is 3.83. The molecule has 0 aromatic heterocycles. The van der Waals surface area contributed by atoms with Gasteiger partial charge in [0.05, 0.1) is 0 Å². The normalized spacial score (nSPS) is 12.5. The molecular formula is C6H12N2O2. The Morgan fingerprint density at radius 3 is 2.00 bits per heavy atom. The lowest BCUT2D eigenvalue weighted by Crippen LogP contribution is -2.27. The maximum Gasteiger partial charge on any atom is 0.221 e. The van der Waals surface area contributed by atoms with Gasteiger partial charge in [-0.25, -0.2) is 0 Å². The second kappa shape index (κ2) is 3.87. The molecule has 0 fully saturated rings. The van der Waals surface area contributed by atoms with E-state index in [2.05, 4.69) is 0 Å². The Bertz CT molecular complexity index is 145. The fraction of sp³-hybridized carbons (Fsp3) is 0.667. The molecule has 1 atom stereocenters. The molecule has 0 rings (SSSR count). The number of nitrogens with two attached hydrogens (primary N) is 2. The van der Waals surface area contributed by atoms with Gasteiger partial charge in [-0.3, -0.25) is 9.59 Å². The molecule has 0 bridgehead atoms. The molecule has 0 saturated carbocycles. The average molecular weight is 144 g/mol. The van der Waals surface area contributed by atoms with Crippen LogP contribution in [-0.4, -0.2) is 11.8 Å². The van der Waals surface area contributed by atoms with Gasteiger partial charge in [0, 0.05) is 12.3 Å². The third-order valence-corrected chi connectivity index (χ3v) is 1.34. The summed E-state index contributed by atoms with van der Waals surface area (Å²) in [6.45, 7) is 1.79. The second-order valence-corrected chi connectivity index (χ2v) is 2.18. The predicted octanol–water partition coefficient (Wildman–Crippen LogP) is -0.627. The van der Waals surface area contributed by atoms with Gasteiger partial charge in [0.15, 0.2) is 0 Å². The molecule has 0 aliphatic heterocycles. The molecule has 0 spiro atoms. The number of amides is 2. The molecule has 0 aromatic carbocycles. The SMILES string of the molecule is CCC(CC(N)=O)C(N)=O. The van der Waals surface area contributed by atoms with E-state index in [1.54, 1.807) is 6.92 Å². The highest BCUT2D eigenvalue weighted by atomic mass is 16.2. The summed E-state index contributed by atoms with van der Waals surface area (Å²) in [6, 6.07) is 0. The molecule has 0 heterocycles. The fourth-order valence-electron chi connectivity index (χ4n) is 0.689. The molecule has 0 radical (unpaired) electrons. The van der Waals surface area contributed by atoms with Crippen LogP contribution in [0.3, 0.4) is 0 Å². The van der Waals surface area contributed by atoms with E-state index in [9.17, 15) is 9.59 Å². The maximum atomic E-state index is 10.5. The number of rotatable bonds is 4. The number of carbonyl (C=O) groups is 2. The van der Waals surface area contributed by atoms with Crippen LogP contribution < -0.4 is 11.5 Å². The largest absolute Gasteiger partial charge is 0.370 e. The van der Waals surface area contributed by atoms with Gasteiger partial charge < -0.3 is 11.5 Å². The Morgan fingerprint density at radius 2 is 1.90 bits per heavy atom. The summed E-state index contributed by atoms with van der Waals surface area (Å²) in [6.07, 6.45) is 0.629. The van der Waals surface area contributed by atoms with Crippen molar-refractivity contribution in [2.45, 2.75) is 19.8 Å². The number of carbonyl (C=O) groups excluding carboxylic acids is 2. The van der Waals surface area contributed by atoms with E-state index >= 15 is 0 Å². The summed E-state index contributed by atoms with van der Waals surface area (Å²) < 4.78 is 0. The lowest BCUT2D eigenvalue weighted by atomic mass is 10.0. The molecule has 4 nitrogen and oxygen atoms in total. The summed E-state index contributed by atoms with van der Waals surface area (Å²) in [5.41, 5.74) is 9.81. The van der Waals surface area contributed by atoms with Crippen molar-refractivity contribution < 1.29 is 9.59 Å². The first kappa shape index (κ1) is 8.94. The summed E-state index contributed by atoms with van der Waals surface area (Å²) in [5.74, 6) is -1.33. The molecule has 0 aliphatic carbocycles. The van der Waals surface area contributed by atoms with Gasteiger partial charge in [0.1, 0.15) is 0 Å². The maximum absolute atomic E-state index is 10.5. The lowest BCUT2D eigenvalue weighted by Gasteiger charge is -2.05. The molecule has 10 heavy (non-hydrogen) atoms. The standard InChI is InChI=1S/C6H12N2O2/c1-2-4(6(8)10)3-5(7)9/h4H,2-3H2,1H3,(H2,7,9)(H2,8,10). The average Bonchev–Trinajstić information content (AvgIpc) is 1.81. The van der Waals surface area contributed by atoms with Gasteiger partial charge in [0.2, 0.25) is 11.8 Å². The molecule has 1 unspecified atom stereocenters. The minimum atomic E-state index is -0.481. The van der Waals surface area contributed by atoms with Gasteiger partial charge >= 0.3 is 0 Å².